The number of thiophene rings is 1. The highest BCUT2D eigenvalue weighted by atomic mass is 79.9. The number of carbonyl (C=O) groups excluding carboxylic acids is 1. The standard InChI is InChI=1S/C16H18BrFN2O2S/c1-16(2,3)22-15(21)20-11-4-5-12(18)13(7-11)19-8-10-6-14(17)23-9-10/h4-7,9,19H,8H2,1-3H3,(H,20,21). The summed E-state index contributed by atoms with van der Waals surface area (Å²) in [7, 11) is 0. The van der Waals surface area contributed by atoms with E-state index in [1.54, 1.807) is 38.2 Å². The van der Waals surface area contributed by atoms with Crippen LogP contribution in [0.3, 0.4) is 0 Å². The summed E-state index contributed by atoms with van der Waals surface area (Å²) in [5.74, 6) is -0.381. The summed E-state index contributed by atoms with van der Waals surface area (Å²) in [5, 5.41) is 7.60. The molecule has 0 fully saturated rings. The second-order valence-corrected chi connectivity index (χ2v) is 8.22. The minimum atomic E-state index is -0.586. The Morgan fingerprint density at radius 2 is 2.09 bits per heavy atom. The summed E-state index contributed by atoms with van der Waals surface area (Å²) in [6, 6.07) is 6.31. The van der Waals surface area contributed by atoms with Crippen LogP contribution in [0.15, 0.2) is 33.4 Å². The third-order valence-electron chi connectivity index (χ3n) is 2.72. The first-order valence-corrected chi connectivity index (χ1v) is 8.66. The van der Waals surface area contributed by atoms with Gasteiger partial charge in [-0.25, -0.2) is 9.18 Å². The van der Waals surface area contributed by atoms with Crippen LogP contribution in [0.2, 0.25) is 0 Å². The summed E-state index contributed by atoms with van der Waals surface area (Å²) in [6.45, 7) is 5.84. The van der Waals surface area contributed by atoms with Crippen molar-refractivity contribution in [3.8, 4) is 0 Å². The molecular formula is C16H18BrFN2O2S. The largest absolute Gasteiger partial charge is 0.444 e. The van der Waals surface area contributed by atoms with Crippen molar-refractivity contribution in [1.82, 2.24) is 0 Å². The Labute approximate surface area is 147 Å². The zero-order valence-corrected chi connectivity index (χ0v) is 15.5. The number of rotatable bonds is 4. The van der Waals surface area contributed by atoms with Gasteiger partial charge in [0.15, 0.2) is 0 Å². The molecule has 0 radical (unpaired) electrons. The summed E-state index contributed by atoms with van der Waals surface area (Å²) in [6.07, 6.45) is -0.572. The van der Waals surface area contributed by atoms with Crippen LogP contribution in [0.4, 0.5) is 20.6 Å². The van der Waals surface area contributed by atoms with Gasteiger partial charge in [-0.15, -0.1) is 11.3 Å². The number of ether oxygens (including phenoxy) is 1. The molecule has 124 valence electrons. The lowest BCUT2D eigenvalue weighted by Gasteiger charge is -2.20. The fourth-order valence-electron chi connectivity index (χ4n) is 1.80. The van der Waals surface area contributed by atoms with Gasteiger partial charge in [-0.2, -0.15) is 0 Å². The van der Waals surface area contributed by atoms with Crippen LogP contribution < -0.4 is 10.6 Å². The van der Waals surface area contributed by atoms with E-state index in [9.17, 15) is 9.18 Å². The predicted octanol–water partition coefficient (Wildman–Crippen LogP) is 5.61. The molecule has 0 aliphatic heterocycles. The van der Waals surface area contributed by atoms with Crippen molar-refractivity contribution in [2.75, 3.05) is 10.6 Å². The average molecular weight is 401 g/mol. The molecule has 1 aromatic carbocycles. The topological polar surface area (TPSA) is 50.4 Å². The van der Waals surface area contributed by atoms with E-state index in [4.69, 9.17) is 4.74 Å². The van der Waals surface area contributed by atoms with Crippen molar-refractivity contribution in [2.24, 2.45) is 0 Å². The fourth-order valence-corrected chi connectivity index (χ4v) is 3.00. The molecule has 1 amide bonds. The quantitative estimate of drug-likeness (QED) is 0.700. The molecule has 0 aliphatic rings. The van der Waals surface area contributed by atoms with E-state index < -0.39 is 11.7 Å². The molecule has 2 aromatic rings. The lowest BCUT2D eigenvalue weighted by Crippen LogP contribution is -2.27. The number of carbonyl (C=O) groups is 1. The molecular weight excluding hydrogens is 383 g/mol. The molecule has 0 aliphatic carbocycles. The zero-order valence-electron chi connectivity index (χ0n) is 13.1. The van der Waals surface area contributed by atoms with Crippen molar-refractivity contribution in [2.45, 2.75) is 32.9 Å². The molecule has 1 aromatic heterocycles. The molecule has 0 spiro atoms. The molecule has 2 N–H and O–H groups in total. The van der Waals surface area contributed by atoms with E-state index in [-0.39, 0.29) is 5.82 Å². The van der Waals surface area contributed by atoms with E-state index in [2.05, 4.69) is 26.6 Å². The minimum absolute atomic E-state index is 0.320. The van der Waals surface area contributed by atoms with Crippen molar-refractivity contribution >= 4 is 44.7 Å². The molecule has 0 bridgehead atoms. The summed E-state index contributed by atoms with van der Waals surface area (Å²) in [4.78, 5) is 11.8. The highest BCUT2D eigenvalue weighted by molar-refractivity contribution is 9.11. The van der Waals surface area contributed by atoms with E-state index in [0.717, 1.165) is 9.35 Å². The van der Waals surface area contributed by atoms with Gasteiger partial charge in [0.25, 0.3) is 0 Å². The molecule has 1 heterocycles. The summed E-state index contributed by atoms with van der Waals surface area (Å²) >= 11 is 4.96. The van der Waals surface area contributed by atoms with E-state index in [1.165, 1.54) is 12.1 Å². The molecule has 23 heavy (non-hydrogen) atoms. The maximum Gasteiger partial charge on any atom is 0.412 e. The second-order valence-electron chi connectivity index (χ2n) is 5.93. The van der Waals surface area contributed by atoms with Gasteiger partial charge in [0.2, 0.25) is 0 Å². The minimum Gasteiger partial charge on any atom is -0.444 e. The van der Waals surface area contributed by atoms with Crippen molar-refractivity contribution < 1.29 is 13.9 Å². The Balaban J connectivity index is 2.02. The Morgan fingerprint density at radius 1 is 1.35 bits per heavy atom. The summed E-state index contributed by atoms with van der Waals surface area (Å²) in [5.41, 5.74) is 1.25. The zero-order chi connectivity index (χ0) is 17.0. The number of hydrogen-bond acceptors (Lipinski definition) is 4. The lowest BCUT2D eigenvalue weighted by atomic mass is 10.2. The van der Waals surface area contributed by atoms with Gasteiger partial charge in [0.1, 0.15) is 11.4 Å². The predicted molar refractivity (Wildman–Crippen MR) is 95.6 cm³/mol. The van der Waals surface area contributed by atoms with Crippen LogP contribution in [0.1, 0.15) is 26.3 Å². The highest BCUT2D eigenvalue weighted by Crippen LogP contribution is 2.24. The van der Waals surface area contributed by atoms with Gasteiger partial charge in [-0.1, -0.05) is 0 Å². The van der Waals surface area contributed by atoms with E-state index in [0.29, 0.717) is 17.9 Å². The number of benzene rings is 1. The normalized spacial score (nSPS) is 11.2. The molecule has 0 saturated heterocycles. The van der Waals surface area contributed by atoms with Gasteiger partial charge < -0.3 is 10.1 Å². The number of nitrogens with one attached hydrogen (secondary N) is 2. The SMILES string of the molecule is CC(C)(C)OC(=O)Nc1ccc(F)c(NCc2csc(Br)c2)c1. The summed E-state index contributed by atoms with van der Waals surface area (Å²) < 4.78 is 20.1. The Kier molecular flexibility index (Phi) is 5.64. The third-order valence-corrected chi connectivity index (χ3v) is 4.27. The van der Waals surface area contributed by atoms with Gasteiger partial charge in [-0.05, 0) is 71.9 Å². The highest BCUT2D eigenvalue weighted by Gasteiger charge is 2.16. The van der Waals surface area contributed by atoms with Crippen molar-refractivity contribution in [3.05, 3.63) is 44.8 Å². The molecule has 2 rings (SSSR count). The Hall–Kier alpha value is -1.60. The smallest absolute Gasteiger partial charge is 0.412 e. The van der Waals surface area contributed by atoms with Crippen molar-refractivity contribution in [3.63, 3.8) is 0 Å². The Morgan fingerprint density at radius 3 is 2.70 bits per heavy atom. The second kappa shape index (κ2) is 7.31. The molecule has 7 heteroatoms. The fraction of sp³-hybridized carbons (Fsp3) is 0.312. The maximum absolute atomic E-state index is 13.9. The van der Waals surface area contributed by atoms with Gasteiger partial charge >= 0.3 is 6.09 Å². The van der Waals surface area contributed by atoms with Crippen LogP contribution >= 0.6 is 27.3 Å². The number of amides is 1. The van der Waals surface area contributed by atoms with Crippen LogP contribution in [-0.2, 0) is 11.3 Å². The monoisotopic (exact) mass is 400 g/mol. The van der Waals surface area contributed by atoms with Crippen LogP contribution in [0.5, 0.6) is 0 Å². The number of hydrogen-bond donors (Lipinski definition) is 2. The third kappa shape index (κ3) is 5.84. The first-order chi connectivity index (χ1) is 10.7. The average Bonchev–Trinajstić information content (AvgIpc) is 2.83. The van der Waals surface area contributed by atoms with Gasteiger partial charge in [0.05, 0.1) is 9.47 Å². The molecule has 0 saturated carbocycles. The first kappa shape index (κ1) is 17.7. The molecule has 0 atom stereocenters. The molecule has 0 unspecified atom stereocenters. The van der Waals surface area contributed by atoms with Crippen LogP contribution in [0, 0.1) is 5.82 Å². The van der Waals surface area contributed by atoms with Gasteiger partial charge in [-0.3, -0.25) is 5.32 Å². The molecule has 4 nitrogen and oxygen atoms in total. The van der Waals surface area contributed by atoms with Crippen molar-refractivity contribution in [1.29, 1.82) is 0 Å². The Bertz CT molecular complexity index is 698. The first-order valence-electron chi connectivity index (χ1n) is 6.99. The van der Waals surface area contributed by atoms with Gasteiger partial charge in [0, 0.05) is 12.2 Å². The maximum atomic E-state index is 13.9. The van der Waals surface area contributed by atoms with Crippen LogP contribution in [0.25, 0.3) is 0 Å². The number of halogens is 2. The van der Waals surface area contributed by atoms with Crippen LogP contribution in [-0.4, -0.2) is 11.7 Å². The number of anilines is 2. The van der Waals surface area contributed by atoms with E-state index >= 15 is 0 Å². The lowest BCUT2D eigenvalue weighted by molar-refractivity contribution is 0.0636. The van der Waals surface area contributed by atoms with E-state index in [1.807, 2.05) is 11.4 Å².